The van der Waals surface area contributed by atoms with E-state index in [0.717, 1.165) is 27.9 Å². The molecule has 0 radical (unpaired) electrons. The molecular formula is C19H23ClN2OS2. The Morgan fingerprint density at radius 2 is 1.84 bits per heavy atom. The third-order valence-electron chi connectivity index (χ3n) is 4.45. The first-order valence-corrected chi connectivity index (χ1v) is 11.1. The van der Waals surface area contributed by atoms with Crippen LogP contribution in [0.5, 0.6) is 5.75 Å². The number of thioether (sulfide) groups is 2. The van der Waals surface area contributed by atoms with Gasteiger partial charge >= 0.3 is 0 Å². The van der Waals surface area contributed by atoms with E-state index in [0.29, 0.717) is 10.4 Å². The van der Waals surface area contributed by atoms with Crippen molar-refractivity contribution in [3.8, 4) is 5.75 Å². The van der Waals surface area contributed by atoms with Crippen molar-refractivity contribution in [3.05, 3.63) is 40.5 Å². The Labute approximate surface area is 163 Å². The number of rotatable bonds is 6. The van der Waals surface area contributed by atoms with Crippen LogP contribution < -0.4 is 4.74 Å². The van der Waals surface area contributed by atoms with Crippen molar-refractivity contribution in [2.75, 3.05) is 13.4 Å². The highest BCUT2D eigenvalue weighted by atomic mass is 35.5. The van der Waals surface area contributed by atoms with Crippen LogP contribution in [0.4, 0.5) is 0 Å². The lowest BCUT2D eigenvalue weighted by Crippen LogP contribution is -2.10. The highest BCUT2D eigenvalue weighted by Gasteiger charge is 2.20. The second-order valence-corrected chi connectivity index (χ2v) is 8.61. The largest absolute Gasteiger partial charge is 0.497 e. The van der Waals surface area contributed by atoms with Crippen molar-refractivity contribution in [1.29, 1.82) is 0 Å². The van der Waals surface area contributed by atoms with Gasteiger partial charge in [-0.1, -0.05) is 54.8 Å². The van der Waals surface area contributed by atoms with Crippen molar-refractivity contribution in [2.24, 2.45) is 0 Å². The van der Waals surface area contributed by atoms with Crippen molar-refractivity contribution < 1.29 is 4.74 Å². The second kappa shape index (κ2) is 9.15. The van der Waals surface area contributed by atoms with E-state index in [4.69, 9.17) is 21.3 Å². The Morgan fingerprint density at radius 3 is 2.48 bits per heavy atom. The van der Waals surface area contributed by atoms with Crippen LogP contribution in [0, 0.1) is 0 Å². The van der Waals surface area contributed by atoms with E-state index in [2.05, 4.69) is 17.1 Å². The smallest absolute Gasteiger partial charge is 0.189 e. The maximum Gasteiger partial charge on any atom is 0.189 e. The average Bonchev–Trinajstić information content (AvgIpc) is 2.65. The number of halogens is 1. The third-order valence-corrected chi connectivity index (χ3v) is 6.68. The Bertz CT molecular complexity index is 703. The van der Waals surface area contributed by atoms with Crippen LogP contribution in [0.3, 0.4) is 0 Å². The summed E-state index contributed by atoms with van der Waals surface area (Å²) in [5.41, 5.74) is 2.23. The van der Waals surface area contributed by atoms with Crippen molar-refractivity contribution in [1.82, 2.24) is 9.97 Å². The molecule has 3 nitrogen and oxygen atoms in total. The van der Waals surface area contributed by atoms with Gasteiger partial charge in [0.2, 0.25) is 0 Å². The fourth-order valence-corrected chi connectivity index (χ4v) is 5.15. The lowest BCUT2D eigenvalue weighted by atomic mass is 10.0. The molecule has 0 N–H and O–H groups in total. The fraction of sp³-hybridized carbons (Fsp3) is 0.474. The predicted octanol–water partition coefficient (Wildman–Crippen LogP) is 5.88. The minimum absolute atomic E-state index is 0.577. The number of methoxy groups -OCH3 is 1. The van der Waals surface area contributed by atoms with E-state index >= 15 is 0 Å². The summed E-state index contributed by atoms with van der Waals surface area (Å²) in [7, 11) is 1.68. The minimum atomic E-state index is 0.577. The van der Waals surface area contributed by atoms with E-state index in [9.17, 15) is 0 Å². The van der Waals surface area contributed by atoms with Crippen LogP contribution in [-0.4, -0.2) is 28.6 Å². The Balaban J connectivity index is 1.86. The summed E-state index contributed by atoms with van der Waals surface area (Å²) in [4.78, 5) is 9.24. The molecule has 0 saturated heterocycles. The lowest BCUT2D eigenvalue weighted by Gasteiger charge is -2.22. The summed E-state index contributed by atoms with van der Waals surface area (Å²) in [5, 5.41) is 3.02. The van der Waals surface area contributed by atoms with Gasteiger partial charge in [-0.05, 0) is 36.8 Å². The molecule has 25 heavy (non-hydrogen) atoms. The molecule has 1 aromatic heterocycles. The summed E-state index contributed by atoms with van der Waals surface area (Å²) >= 11 is 9.97. The number of hydrogen-bond acceptors (Lipinski definition) is 5. The molecule has 0 bridgehead atoms. The van der Waals surface area contributed by atoms with Gasteiger partial charge in [0.25, 0.3) is 0 Å². The van der Waals surface area contributed by atoms with E-state index in [1.54, 1.807) is 18.9 Å². The zero-order valence-corrected chi connectivity index (χ0v) is 17.0. The maximum atomic E-state index is 6.54. The van der Waals surface area contributed by atoms with Gasteiger partial charge in [-0.2, -0.15) is 0 Å². The van der Waals surface area contributed by atoms with Gasteiger partial charge < -0.3 is 4.74 Å². The van der Waals surface area contributed by atoms with Crippen molar-refractivity contribution >= 4 is 35.1 Å². The molecule has 1 fully saturated rings. The van der Waals surface area contributed by atoms with Gasteiger partial charge in [-0.3, -0.25) is 0 Å². The highest BCUT2D eigenvalue weighted by molar-refractivity contribution is 8.00. The highest BCUT2D eigenvalue weighted by Crippen LogP contribution is 2.37. The molecular weight excluding hydrogens is 372 g/mol. The van der Waals surface area contributed by atoms with Crippen LogP contribution in [0.15, 0.2) is 34.4 Å². The standard InChI is InChI=1S/C19H23ClN2OS2/c1-23-14-10-8-13(9-11-14)12-16-17(20)21-19(24-2)22-18(16)25-15-6-4-3-5-7-15/h8-11,15H,3-7,12H2,1-2H3. The van der Waals surface area contributed by atoms with Crippen molar-refractivity contribution in [3.63, 3.8) is 0 Å². The number of ether oxygens (including phenoxy) is 1. The molecule has 2 aromatic rings. The average molecular weight is 395 g/mol. The molecule has 0 atom stereocenters. The number of hydrogen-bond donors (Lipinski definition) is 0. The van der Waals surface area contributed by atoms with E-state index in [1.165, 1.54) is 37.7 Å². The number of benzene rings is 1. The fourth-order valence-electron chi connectivity index (χ4n) is 3.04. The zero-order chi connectivity index (χ0) is 17.6. The van der Waals surface area contributed by atoms with Gasteiger partial charge in [0.15, 0.2) is 5.16 Å². The summed E-state index contributed by atoms with van der Waals surface area (Å²) in [6, 6.07) is 8.11. The molecule has 1 aromatic carbocycles. The number of aromatic nitrogens is 2. The van der Waals surface area contributed by atoms with Gasteiger partial charge in [0.1, 0.15) is 15.9 Å². The summed E-state index contributed by atoms with van der Waals surface area (Å²) in [5.74, 6) is 0.862. The third kappa shape index (κ3) is 5.05. The first-order chi connectivity index (χ1) is 12.2. The summed E-state index contributed by atoms with van der Waals surface area (Å²) in [6.45, 7) is 0. The van der Waals surface area contributed by atoms with Crippen molar-refractivity contribution in [2.45, 2.75) is 54.0 Å². The zero-order valence-electron chi connectivity index (χ0n) is 14.6. The maximum absolute atomic E-state index is 6.54. The topological polar surface area (TPSA) is 35.0 Å². The lowest BCUT2D eigenvalue weighted by molar-refractivity contribution is 0.414. The second-order valence-electron chi connectivity index (χ2n) is 6.19. The van der Waals surface area contributed by atoms with Crippen LogP contribution in [0.2, 0.25) is 5.15 Å². The van der Waals surface area contributed by atoms with Crippen LogP contribution in [0.25, 0.3) is 0 Å². The van der Waals surface area contributed by atoms with E-state index in [1.807, 2.05) is 30.2 Å². The summed E-state index contributed by atoms with van der Waals surface area (Å²) < 4.78 is 5.24. The Kier molecular flexibility index (Phi) is 6.91. The SMILES string of the molecule is COc1ccc(Cc2c(Cl)nc(SC)nc2SC2CCCCC2)cc1. The van der Waals surface area contributed by atoms with Crippen LogP contribution >= 0.6 is 35.1 Å². The van der Waals surface area contributed by atoms with Crippen LogP contribution in [-0.2, 0) is 6.42 Å². The van der Waals surface area contributed by atoms with Gasteiger partial charge in [-0.15, -0.1) is 11.8 Å². The van der Waals surface area contributed by atoms with Gasteiger partial charge in [-0.25, -0.2) is 9.97 Å². The molecule has 1 saturated carbocycles. The Hall–Kier alpha value is -0.910. The minimum Gasteiger partial charge on any atom is -0.497 e. The first kappa shape index (κ1) is 18.9. The molecule has 1 aliphatic carbocycles. The molecule has 3 rings (SSSR count). The first-order valence-electron chi connectivity index (χ1n) is 8.59. The molecule has 134 valence electrons. The predicted molar refractivity (Wildman–Crippen MR) is 107 cm³/mol. The normalized spacial score (nSPS) is 15.3. The quantitative estimate of drug-likeness (QED) is 0.347. The molecule has 6 heteroatoms. The Morgan fingerprint density at radius 1 is 1.12 bits per heavy atom. The molecule has 0 unspecified atom stereocenters. The molecule has 1 heterocycles. The monoisotopic (exact) mass is 394 g/mol. The number of nitrogens with zero attached hydrogens (tertiary/aromatic N) is 2. The molecule has 1 aliphatic rings. The molecule has 0 amide bonds. The van der Waals surface area contributed by atoms with Crippen LogP contribution in [0.1, 0.15) is 43.2 Å². The van der Waals surface area contributed by atoms with E-state index in [-0.39, 0.29) is 0 Å². The van der Waals surface area contributed by atoms with E-state index < -0.39 is 0 Å². The summed E-state index contributed by atoms with van der Waals surface area (Å²) in [6.07, 6.45) is 9.26. The molecule has 0 spiro atoms. The van der Waals surface area contributed by atoms with Gasteiger partial charge in [0.05, 0.1) is 7.11 Å². The molecule has 0 aliphatic heterocycles. The van der Waals surface area contributed by atoms with Gasteiger partial charge in [0, 0.05) is 17.2 Å².